The molecule has 58 heavy (non-hydrogen) atoms. The minimum atomic E-state index is -2.05. The van der Waals surface area contributed by atoms with Crippen LogP contribution in [-0.2, 0) is 75.8 Å². The highest BCUT2D eigenvalue weighted by molar-refractivity contribution is 5.86. The van der Waals surface area contributed by atoms with Crippen LogP contribution in [0.15, 0.2) is 0 Å². The molecule has 334 valence electrons. The van der Waals surface area contributed by atoms with Gasteiger partial charge in [0.2, 0.25) is 0 Å². The number of aliphatic hydroxyl groups is 6. The molecule has 7 rings (SSSR count). The van der Waals surface area contributed by atoms with Crippen molar-refractivity contribution in [3.8, 4) is 0 Å². The van der Waals surface area contributed by atoms with Gasteiger partial charge in [-0.2, -0.15) is 0 Å². The average molecular weight is 843 g/mol. The summed E-state index contributed by atoms with van der Waals surface area (Å²) in [5.74, 6) is -2.57. The molecule has 0 radical (unpaired) electrons. The maximum atomic E-state index is 12.5. The summed E-state index contributed by atoms with van der Waals surface area (Å²) < 4.78 is 88.7. The molecule has 0 saturated carbocycles. The molecule has 7 saturated heterocycles. The highest BCUT2D eigenvalue weighted by atomic mass is 16.9. The van der Waals surface area contributed by atoms with Gasteiger partial charge < -0.3 is 102 Å². The maximum Gasteiger partial charge on any atom is 0.315 e. The third-order valence-corrected chi connectivity index (χ3v) is 12.2. The molecule has 7 aliphatic heterocycles. The summed E-state index contributed by atoms with van der Waals surface area (Å²) in [6, 6.07) is 0. The van der Waals surface area contributed by atoms with Crippen molar-refractivity contribution in [3.05, 3.63) is 0 Å². The van der Waals surface area contributed by atoms with Crippen molar-refractivity contribution in [2.24, 2.45) is 0 Å². The Bertz CT molecular complexity index is 1420. The summed E-state index contributed by atoms with van der Waals surface area (Å²) in [5.41, 5.74) is -3.59. The van der Waals surface area contributed by atoms with Crippen LogP contribution in [-0.4, -0.2) is 218 Å². The predicted octanol–water partition coefficient (Wildman–Crippen LogP) is -3.48. The second-order valence-electron chi connectivity index (χ2n) is 16.2. The van der Waals surface area contributed by atoms with E-state index in [4.69, 9.17) is 71.1 Å². The fourth-order valence-corrected chi connectivity index (χ4v) is 9.04. The predicted molar refractivity (Wildman–Crippen MR) is 184 cm³/mol. The number of methoxy groups -OCH3 is 3. The lowest BCUT2D eigenvalue weighted by molar-refractivity contribution is -0.428. The molecule has 0 aliphatic carbocycles. The third-order valence-electron chi connectivity index (χ3n) is 12.2. The first-order chi connectivity index (χ1) is 27.4. The molecule has 0 aromatic carbocycles. The Balaban J connectivity index is 1.03. The number of fused-ring (bicyclic) bond motifs is 3. The maximum absolute atomic E-state index is 12.5. The minimum Gasteiger partial charge on any atom is -0.387 e. The zero-order chi connectivity index (χ0) is 42.1. The van der Waals surface area contributed by atoms with Gasteiger partial charge >= 0.3 is 5.97 Å². The van der Waals surface area contributed by atoms with Gasteiger partial charge in [-0.1, -0.05) is 0 Å². The van der Waals surface area contributed by atoms with E-state index >= 15 is 0 Å². The van der Waals surface area contributed by atoms with E-state index < -0.39 is 146 Å². The first-order valence-electron chi connectivity index (χ1n) is 19.4. The standard InChI is InChI=1S/C36H58O22/c1-13-23(45-7)26(53-19-9-34(5,42)28(41)14(2)50-19)22(40)32(51-13)54-24-17(10-44-6)52-33(27(46-8)20(24)38)55-31-21(39)25-18(11-47-31)57-36(58-25)30-29(48-12-49-30)35(43,15(3)37)16(4)56-36/h13-14,16-33,38-43H,9-12H2,1-8H3. The van der Waals surface area contributed by atoms with Gasteiger partial charge in [0, 0.05) is 27.8 Å². The molecular formula is C36H58O22. The normalized spacial score (nSPS) is 54.7. The zero-order valence-electron chi connectivity index (χ0n) is 33.6. The molecule has 7 heterocycles. The number of ether oxygens (including phenoxy) is 15. The number of hydrogen-bond donors (Lipinski definition) is 6. The lowest BCUT2D eigenvalue weighted by atomic mass is 9.81. The number of carbonyl (C=O) groups excluding carboxylic acids is 1. The van der Waals surface area contributed by atoms with E-state index in [-0.39, 0.29) is 26.4 Å². The molecule has 7 fully saturated rings. The summed E-state index contributed by atoms with van der Waals surface area (Å²) in [5, 5.41) is 67.3. The fraction of sp³-hybridized carbons (Fsp3) is 0.972. The second-order valence-corrected chi connectivity index (χ2v) is 16.2. The number of aliphatic hydroxyl groups excluding tert-OH is 4. The van der Waals surface area contributed by atoms with Gasteiger partial charge in [-0.25, -0.2) is 0 Å². The number of ketones is 1. The SMILES string of the molecule is COCC1OC(OC2OCC3OC4(OC3C2O)OC(C)C(O)(C(C)=O)C2OCOC24)C(OC)C(O)C1OC1OC(C)C(OC)C(OC2CC(C)(O)C(O)C(C)O2)C1O. The lowest BCUT2D eigenvalue weighted by Crippen LogP contribution is -2.72. The summed E-state index contributed by atoms with van der Waals surface area (Å²) in [7, 11) is 4.12. The molecule has 22 heteroatoms. The highest BCUT2D eigenvalue weighted by Crippen LogP contribution is 2.49. The van der Waals surface area contributed by atoms with E-state index in [1.54, 1.807) is 13.8 Å². The first kappa shape index (κ1) is 44.9. The Morgan fingerprint density at radius 3 is 2.09 bits per heavy atom. The molecule has 22 nitrogen and oxygen atoms in total. The Labute approximate surface area is 334 Å². The van der Waals surface area contributed by atoms with E-state index in [0.29, 0.717) is 0 Å². The van der Waals surface area contributed by atoms with Gasteiger partial charge in [0.25, 0.3) is 0 Å². The van der Waals surface area contributed by atoms with Crippen LogP contribution in [0, 0.1) is 0 Å². The van der Waals surface area contributed by atoms with Crippen molar-refractivity contribution in [1.82, 2.24) is 0 Å². The van der Waals surface area contributed by atoms with Crippen molar-refractivity contribution in [2.45, 2.75) is 181 Å². The molecule has 23 unspecified atom stereocenters. The van der Waals surface area contributed by atoms with Crippen molar-refractivity contribution < 1.29 is 106 Å². The van der Waals surface area contributed by atoms with Gasteiger partial charge in [-0.15, -0.1) is 0 Å². The molecule has 0 aromatic heterocycles. The smallest absolute Gasteiger partial charge is 0.315 e. The zero-order valence-corrected chi connectivity index (χ0v) is 33.6. The Hall–Kier alpha value is -1.17. The molecule has 6 N–H and O–H groups in total. The molecule has 1 spiro atoms. The van der Waals surface area contributed by atoms with Gasteiger partial charge in [0.05, 0.1) is 37.1 Å². The van der Waals surface area contributed by atoms with Crippen LogP contribution >= 0.6 is 0 Å². The molecule has 23 atom stereocenters. The summed E-state index contributed by atoms with van der Waals surface area (Å²) in [6.45, 7) is 6.81. The molecule has 0 aromatic rings. The van der Waals surface area contributed by atoms with Gasteiger partial charge in [-0.3, -0.25) is 4.79 Å². The van der Waals surface area contributed by atoms with E-state index in [1.807, 2.05) is 0 Å². The third kappa shape index (κ3) is 7.79. The summed E-state index contributed by atoms with van der Waals surface area (Å²) in [6.07, 6.45) is -23.8. The van der Waals surface area contributed by atoms with E-state index in [2.05, 4.69) is 0 Å². The number of hydrogen-bond acceptors (Lipinski definition) is 22. The van der Waals surface area contributed by atoms with Crippen LogP contribution in [0.2, 0.25) is 0 Å². The Morgan fingerprint density at radius 1 is 0.724 bits per heavy atom. The van der Waals surface area contributed by atoms with Crippen LogP contribution in [0.4, 0.5) is 0 Å². The lowest BCUT2D eigenvalue weighted by Gasteiger charge is -2.49. The van der Waals surface area contributed by atoms with E-state index in [9.17, 15) is 35.4 Å². The molecule has 7 aliphatic rings. The first-order valence-corrected chi connectivity index (χ1v) is 19.4. The molecule has 0 bridgehead atoms. The van der Waals surface area contributed by atoms with Gasteiger partial charge in [-0.05, 0) is 34.6 Å². The molecule has 0 amide bonds. The number of Topliss-reactive ketones (excluding diaryl/α,β-unsaturated/α-hetero) is 1. The monoisotopic (exact) mass is 842 g/mol. The van der Waals surface area contributed by atoms with Crippen molar-refractivity contribution in [2.75, 3.05) is 41.3 Å². The van der Waals surface area contributed by atoms with Crippen LogP contribution < -0.4 is 0 Å². The Morgan fingerprint density at radius 2 is 1.43 bits per heavy atom. The highest BCUT2D eigenvalue weighted by Gasteiger charge is 2.72. The number of rotatable bonds is 11. The van der Waals surface area contributed by atoms with Crippen molar-refractivity contribution in [1.29, 1.82) is 0 Å². The Kier molecular flexibility index (Phi) is 13.3. The van der Waals surface area contributed by atoms with Crippen LogP contribution in [0.25, 0.3) is 0 Å². The average Bonchev–Trinajstić information content (AvgIpc) is 3.82. The van der Waals surface area contributed by atoms with Crippen molar-refractivity contribution in [3.63, 3.8) is 0 Å². The van der Waals surface area contributed by atoms with Gasteiger partial charge in [0.1, 0.15) is 80.0 Å². The van der Waals surface area contributed by atoms with Crippen LogP contribution in [0.3, 0.4) is 0 Å². The minimum absolute atomic E-state index is 0.107. The topological polar surface area (TPSA) is 277 Å². The van der Waals surface area contributed by atoms with Crippen LogP contribution in [0.1, 0.15) is 41.0 Å². The van der Waals surface area contributed by atoms with E-state index in [0.717, 1.165) is 0 Å². The van der Waals surface area contributed by atoms with E-state index in [1.165, 1.54) is 42.1 Å². The summed E-state index contributed by atoms with van der Waals surface area (Å²) in [4.78, 5) is 12.5. The second kappa shape index (κ2) is 17.2. The fourth-order valence-electron chi connectivity index (χ4n) is 9.04. The largest absolute Gasteiger partial charge is 0.387 e. The van der Waals surface area contributed by atoms with Crippen molar-refractivity contribution >= 4 is 5.78 Å². The van der Waals surface area contributed by atoms with Crippen LogP contribution in [0.5, 0.6) is 0 Å². The summed E-state index contributed by atoms with van der Waals surface area (Å²) >= 11 is 0. The molecular weight excluding hydrogens is 784 g/mol. The quantitative estimate of drug-likeness (QED) is 0.118. The number of carbonyl (C=O) groups is 1. The van der Waals surface area contributed by atoms with Gasteiger partial charge in [0.15, 0.2) is 42.6 Å².